The highest BCUT2D eigenvalue weighted by molar-refractivity contribution is 7.91. The Balaban J connectivity index is 2.06. The van der Waals surface area contributed by atoms with Gasteiger partial charge in [0.1, 0.15) is 0 Å². The first-order chi connectivity index (χ1) is 15.8. The summed E-state index contributed by atoms with van der Waals surface area (Å²) in [5.74, 6) is -5.33. The number of esters is 1. The van der Waals surface area contributed by atoms with E-state index in [2.05, 4.69) is 5.32 Å². The molecule has 34 heavy (non-hydrogen) atoms. The van der Waals surface area contributed by atoms with Crippen molar-refractivity contribution >= 4 is 37.4 Å². The molecule has 0 unspecified atom stereocenters. The fraction of sp³-hybridized carbons (Fsp3) is 0.333. The number of rotatable bonds is 10. The van der Waals surface area contributed by atoms with E-state index in [1.54, 1.807) is 20.8 Å². The number of carbonyl (C=O) groups excluding carboxylic acids is 2. The molecular formula is C21H24F2N2O7S2. The van der Waals surface area contributed by atoms with Gasteiger partial charge in [-0.25, -0.2) is 21.6 Å². The SMILES string of the molecule is CCN(CC)S(=O)(=O)c1cc(NC(=O)COC(=O)c2ccc(S(=O)(=O)C(F)F)cc2)ccc1C. The van der Waals surface area contributed by atoms with Crippen molar-refractivity contribution in [3.05, 3.63) is 53.6 Å². The fourth-order valence-electron chi connectivity index (χ4n) is 2.95. The van der Waals surface area contributed by atoms with E-state index in [0.717, 1.165) is 24.3 Å². The number of sulfone groups is 1. The molecule has 2 aromatic carbocycles. The summed E-state index contributed by atoms with van der Waals surface area (Å²) in [6.07, 6.45) is 0. The number of ether oxygens (including phenoxy) is 1. The Labute approximate surface area is 196 Å². The van der Waals surface area contributed by atoms with Crippen molar-refractivity contribution < 1.29 is 39.9 Å². The highest BCUT2D eigenvalue weighted by Crippen LogP contribution is 2.24. The van der Waals surface area contributed by atoms with Crippen LogP contribution in [0.5, 0.6) is 0 Å². The molecule has 0 aliphatic rings. The van der Waals surface area contributed by atoms with E-state index in [4.69, 9.17) is 4.74 Å². The van der Waals surface area contributed by atoms with Gasteiger partial charge in [-0.2, -0.15) is 13.1 Å². The number of alkyl halides is 2. The maximum atomic E-state index is 12.8. The van der Waals surface area contributed by atoms with Gasteiger partial charge >= 0.3 is 11.7 Å². The summed E-state index contributed by atoms with van der Waals surface area (Å²) in [7, 11) is -8.57. The molecule has 0 aliphatic carbocycles. The lowest BCUT2D eigenvalue weighted by atomic mass is 10.2. The number of hydrogen-bond acceptors (Lipinski definition) is 7. The van der Waals surface area contributed by atoms with Gasteiger partial charge in [-0.3, -0.25) is 4.79 Å². The molecule has 0 saturated heterocycles. The van der Waals surface area contributed by atoms with E-state index in [1.807, 2.05) is 0 Å². The van der Waals surface area contributed by atoms with Crippen molar-refractivity contribution in [1.82, 2.24) is 4.31 Å². The van der Waals surface area contributed by atoms with Crippen LogP contribution in [0, 0.1) is 6.92 Å². The third-order valence-corrected chi connectivity index (χ3v) is 8.37. The van der Waals surface area contributed by atoms with Crippen molar-refractivity contribution in [1.29, 1.82) is 0 Å². The number of halogens is 2. The van der Waals surface area contributed by atoms with Crippen LogP contribution >= 0.6 is 0 Å². The fourth-order valence-corrected chi connectivity index (χ4v) is 5.38. The van der Waals surface area contributed by atoms with Gasteiger partial charge in [0.25, 0.3) is 5.91 Å². The molecule has 1 N–H and O–H groups in total. The summed E-state index contributed by atoms with van der Waals surface area (Å²) in [4.78, 5) is 23.6. The maximum absolute atomic E-state index is 12.8. The van der Waals surface area contributed by atoms with Gasteiger partial charge in [-0.1, -0.05) is 19.9 Å². The Morgan fingerprint density at radius 2 is 1.59 bits per heavy atom. The zero-order valence-corrected chi connectivity index (χ0v) is 20.3. The van der Waals surface area contributed by atoms with Gasteiger partial charge in [-0.05, 0) is 48.9 Å². The van der Waals surface area contributed by atoms with E-state index in [9.17, 15) is 35.2 Å². The normalized spacial score (nSPS) is 12.1. The molecule has 0 heterocycles. The third kappa shape index (κ3) is 6.15. The molecule has 0 saturated carbocycles. The van der Waals surface area contributed by atoms with Gasteiger partial charge < -0.3 is 10.1 Å². The van der Waals surface area contributed by atoms with Crippen LogP contribution in [0.1, 0.15) is 29.8 Å². The number of aryl methyl sites for hydroxylation is 1. The predicted octanol–water partition coefficient (Wildman–Crippen LogP) is 2.82. The lowest BCUT2D eigenvalue weighted by Crippen LogP contribution is -2.31. The van der Waals surface area contributed by atoms with Gasteiger partial charge in [0.15, 0.2) is 6.61 Å². The number of benzene rings is 2. The number of sulfonamides is 1. The van der Waals surface area contributed by atoms with Crippen LogP contribution in [0.2, 0.25) is 0 Å². The molecule has 186 valence electrons. The summed E-state index contributed by atoms with van der Waals surface area (Å²) >= 11 is 0. The van der Waals surface area contributed by atoms with E-state index in [0.29, 0.717) is 5.56 Å². The van der Waals surface area contributed by atoms with Crippen molar-refractivity contribution in [3.8, 4) is 0 Å². The van der Waals surface area contributed by atoms with Gasteiger partial charge in [0.05, 0.1) is 15.4 Å². The Kier molecular flexibility index (Phi) is 8.86. The first kappa shape index (κ1) is 27.3. The van der Waals surface area contributed by atoms with Crippen LogP contribution in [0.15, 0.2) is 52.3 Å². The molecule has 0 fully saturated rings. The van der Waals surface area contributed by atoms with Crippen LogP contribution in [-0.2, 0) is 29.4 Å². The summed E-state index contributed by atoms with van der Waals surface area (Å²) in [6.45, 7) is 4.88. The molecule has 9 nitrogen and oxygen atoms in total. The number of carbonyl (C=O) groups is 2. The summed E-state index contributed by atoms with van der Waals surface area (Å²) < 4.78 is 79.7. The van der Waals surface area contributed by atoms with E-state index in [-0.39, 0.29) is 29.2 Å². The second kappa shape index (κ2) is 11.0. The minimum Gasteiger partial charge on any atom is -0.452 e. The van der Waals surface area contributed by atoms with E-state index < -0.39 is 49.0 Å². The van der Waals surface area contributed by atoms with Crippen molar-refractivity contribution in [2.45, 2.75) is 36.3 Å². The average molecular weight is 519 g/mol. The number of nitrogens with zero attached hydrogens (tertiary/aromatic N) is 1. The highest BCUT2D eigenvalue weighted by Gasteiger charge is 2.27. The Morgan fingerprint density at radius 3 is 2.12 bits per heavy atom. The molecule has 0 radical (unpaired) electrons. The monoisotopic (exact) mass is 518 g/mol. The van der Waals surface area contributed by atoms with Gasteiger partial charge in [0.2, 0.25) is 19.9 Å². The lowest BCUT2D eigenvalue weighted by molar-refractivity contribution is -0.119. The second-order valence-corrected chi connectivity index (χ2v) is 10.8. The molecule has 0 atom stereocenters. The number of amides is 1. The Morgan fingerprint density at radius 1 is 1.00 bits per heavy atom. The molecule has 2 aromatic rings. The molecular weight excluding hydrogens is 494 g/mol. The standard InChI is InChI=1S/C21H24F2N2O7S2/c1-4-25(5-2)34(30,31)18-12-16(9-6-14(18)3)24-19(26)13-32-20(27)15-7-10-17(11-8-15)33(28,29)21(22)23/h6-12,21H,4-5,13H2,1-3H3,(H,24,26). The average Bonchev–Trinajstić information content (AvgIpc) is 2.79. The van der Waals surface area contributed by atoms with E-state index in [1.165, 1.54) is 22.5 Å². The van der Waals surface area contributed by atoms with Crippen molar-refractivity contribution in [2.24, 2.45) is 0 Å². The van der Waals surface area contributed by atoms with Crippen LogP contribution in [0.3, 0.4) is 0 Å². The summed E-state index contributed by atoms with van der Waals surface area (Å²) in [5, 5.41) is 2.44. The smallest absolute Gasteiger partial charge is 0.341 e. The van der Waals surface area contributed by atoms with E-state index >= 15 is 0 Å². The van der Waals surface area contributed by atoms with Crippen LogP contribution in [-0.4, -0.2) is 58.5 Å². The van der Waals surface area contributed by atoms with Crippen LogP contribution < -0.4 is 5.32 Å². The molecule has 1 amide bonds. The topological polar surface area (TPSA) is 127 Å². The van der Waals surface area contributed by atoms with Crippen molar-refractivity contribution in [2.75, 3.05) is 25.0 Å². The second-order valence-electron chi connectivity index (χ2n) is 7.02. The predicted molar refractivity (Wildman–Crippen MR) is 120 cm³/mol. The Hall–Kier alpha value is -2.90. The molecule has 0 spiro atoms. The highest BCUT2D eigenvalue weighted by atomic mass is 32.2. The van der Waals surface area contributed by atoms with Gasteiger partial charge in [0, 0.05) is 18.8 Å². The number of anilines is 1. The Bertz CT molecular complexity index is 1260. The van der Waals surface area contributed by atoms with Gasteiger partial charge in [-0.15, -0.1) is 0 Å². The quantitative estimate of drug-likeness (QED) is 0.479. The maximum Gasteiger partial charge on any atom is 0.341 e. The minimum atomic E-state index is -4.80. The molecule has 0 bridgehead atoms. The van der Waals surface area contributed by atoms with Crippen molar-refractivity contribution in [3.63, 3.8) is 0 Å². The number of nitrogens with one attached hydrogen (secondary N) is 1. The molecule has 2 rings (SSSR count). The molecule has 0 aromatic heterocycles. The summed E-state index contributed by atoms with van der Waals surface area (Å²) in [5.41, 5.74) is 0.525. The zero-order chi connectivity index (χ0) is 25.7. The molecule has 13 heteroatoms. The molecule has 0 aliphatic heterocycles. The first-order valence-electron chi connectivity index (χ1n) is 10.0. The third-order valence-electron chi connectivity index (χ3n) is 4.78. The van der Waals surface area contributed by atoms with Crippen LogP contribution in [0.25, 0.3) is 0 Å². The van der Waals surface area contributed by atoms with Crippen LogP contribution in [0.4, 0.5) is 14.5 Å². The first-order valence-corrected chi connectivity index (χ1v) is 13.0. The lowest BCUT2D eigenvalue weighted by Gasteiger charge is -2.20. The number of hydrogen-bond donors (Lipinski definition) is 1. The minimum absolute atomic E-state index is 0.0323. The summed E-state index contributed by atoms with van der Waals surface area (Å²) in [6, 6.07) is 7.99. The zero-order valence-electron chi connectivity index (χ0n) is 18.6. The largest absolute Gasteiger partial charge is 0.452 e.